The normalized spacial score (nSPS) is 28.4. The van der Waals surface area contributed by atoms with Crippen molar-refractivity contribution in [1.82, 2.24) is 0 Å². The zero-order valence-electron chi connectivity index (χ0n) is 6.48. The Morgan fingerprint density at radius 2 is 0.818 bits per heavy atom. The van der Waals surface area contributed by atoms with Crippen LogP contribution in [0.25, 0.3) is 0 Å². The van der Waals surface area contributed by atoms with E-state index < -0.39 is 0 Å². The van der Waals surface area contributed by atoms with Crippen molar-refractivity contribution in [3.05, 3.63) is 60.8 Å². The molecule has 0 amide bonds. The Labute approximate surface area is 67.9 Å². The van der Waals surface area contributed by atoms with Gasteiger partial charge in [0.2, 0.25) is 0 Å². The van der Waals surface area contributed by atoms with Crippen LogP contribution in [0.1, 0.15) is 6.42 Å². The lowest BCUT2D eigenvalue weighted by Crippen LogP contribution is -1.55. The molecule has 0 atom stereocenters. The second kappa shape index (κ2) is 5.48. The Morgan fingerprint density at radius 3 is 1.27 bits per heavy atom. The lowest BCUT2D eigenvalue weighted by Gasteiger charge is -1.76. The summed E-state index contributed by atoms with van der Waals surface area (Å²) in [5.41, 5.74) is 0. The monoisotopic (exact) mass is 144 g/mol. The fourth-order valence-corrected chi connectivity index (χ4v) is 0.778. The summed E-state index contributed by atoms with van der Waals surface area (Å²) in [6.07, 6.45) is 21.5. The van der Waals surface area contributed by atoms with Gasteiger partial charge in [-0.15, -0.1) is 0 Å². The molecular formula is C11H12. The fraction of sp³-hybridized carbons (Fsp3) is 0.0909. The molecule has 56 valence electrons. The molecule has 11 heavy (non-hydrogen) atoms. The standard InChI is InChI=1S/C11H12/c1-2-4-6-8-10-11-9-7-5-3-1/h1-10H,11H2/b2-1+,5-3-,6-4-,9-7+,10-8?. The molecule has 1 rings (SSSR count). The average molecular weight is 144 g/mol. The number of allylic oxidation sites excluding steroid dienone is 10. The summed E-state index contributed by atoms with van der Waals surface area (Å²) in [6.45, 7) is 0. The molecule has 0 saturated heterocycles. The van der Waals surface area contributed by atoms with E-state index in [0.29, 0.717) is 0 Å². The van der Waals surface area contributed by atoms with Gasteiger partial charge in [0.05, 0.1) is 0 Å². The van der Waals surface area contributed by atoms with E-state index in [4.69, 9.17) is 0 Å². The Morgan fingerprint density at radius 1 is 0.455 bits per heavy atom. The number of hydrogen-bond acceptors (Lipinski definition) is 0. The molecule has 0 saturated carbocycles. The van der Waals surface area contributed by atoms with Gasteiger partial charge in [-0.2, -0.15) is 0 Å². The van der Waals surface area contributed by atoms with Crippen LogP contribution >= 0.6 is 0 Å². The highest BCUT2D eigenvalue weighted by atomic mass is 13.8. The summed E-state index contributed by atoms with van der Waals surface area (Å²) in [5, 5.41) is 0. The molecular weight excluding hydrogens is 132 g/mol. The van der Waals surface area contributed by atoms with Gasteiger partial charge in [-0.1, -0.05) is 60.8 Å². The van der Waals surface area contributed by atoms with E-state index in [1.54, 1.807) is 0 Å². The maximum Gasteiger partial charge on any atom is -0.0163 e. The van der Waals surface area contributed by atoms with Crippen LogP contribution in [0, 0.1) is 0 Å². The van der Waals surface area contributed by atoms with E-state index in [-0.39, 0.29) is 0 Å². The highest BCUT2D eigenvalue weighted by Gasteiger charge is 1.69. The molecule has 0 spiro atoms. The minimum Gasteiger partial charge on any atom is -0.0807 e. The average Bonchev–Trinajstić information content (AvgIpc) is 2.08. The molecule has 0 aromatic heterocycles. The van der Waals surface area contributed by atoms with Crippen LogP contribution in [0.5, 0.6) is 0 Å². The molecule has 0 fully saturated rings. The van der Waals surface area contributed by atoms with Crippen molar-refractivity contribution in [2.24, 2.45) is 0 Å². The molecule has 0 N–H and O–H groups in total. The van der Waals surface area contributed by atoms with Crippen LogP contribution in [-0.2, 0) is 0 Å². The summed E-state index contributed by atoms with van der Waals surface area (Å²) in [7, 11) is 0. The first-order valence-corrected chi connectivity index (χ1v) is 3.82. The fourth-order valence-electron chi connectivity index (χ4n) is 0.778. The largest absolute Gasteiger partial charge is 0.0807 e. The molecule has 0 aromatic carbocycles. The topological polar surface area (TPSA) is 0 Å². The number of hydrogen-bond donors (Lipinski definition) is 0. The van der Waals surface area contributed by atoms with Gasteiger partial charge in [0.1, 0.15) is 0 Å². The highest BCUT2D eigenvalue weighted by molar-refractivity contribution is 5.19. The first-order chi connectivity index (χ1) is 5.50. The molecule has 1 aliphatic carbocycles. The van der Waals surface area contributed by atoms with Crippen LogP contribution in [0.4, 0.5) is 0 Å². The molecule has 0 aromatic rings. The van der Waals surface area contributed by atoms with E-state index >= 15 is 0 Å². The first kappa shape index (κ1) is 7.80. The summed E-state index contributed by atoms with van der Waals surface area (Å²) in [6, 6.07) is 0. The minimum atomic E-state index is 1.01. The van der Waals surface area contributed by atoms with Gasteiger partial charge in [0.15, 0.2) is 0 Å². The van der Waals surface area contributed by atoms with Crippen molar-refractivity contribution in [2.45, 2.75) is 6.42 Å². The predicted molar refractivity (Wildman–Crippen MR) is 50.3 cm³/mol. The Kier molecular flexibility index (Phi) is 3.89. The SMILES string of the molecule is C1=CC/C=C/C=C\C=C\C=C/1. The van der Waals surface area contributed by atoms with Gasteiger partial charge in [-0.25, -0.2) is 0 Å². The second-order valence-corrected chi connectivity index (χ2v) is 2.25. The van der Waals surface area contributed by atoms with Crippen molar-refractivity contribution in [3.63, 3.8) is 0 Å². The zero-order chi connectivity index (χ0) is 7.78. The number of rotatable bonds is 0. The van der Waals surface area contributed by atoms with Gasteiger partial charge in [-0.05, 0) is 6.42 Å². The van der Waals surface area contributed by atoms with Crippen molar-refractivity contribution in [2.75, 3.05) is 0 Å². The van der Waals surface area contributed by atoms with Gasteiger partial charge < -0.3 is 0 Å². The van der Waals surface area contributed by atoms with E-state index in [1.165, 1.54) is 0 Å². The van der Waals surface area contributed by atoms with E-state index in [1.807, 2.05) is 36.5 Å². The van der Waals surface area contributed by atoms with Crippen LogP contribution in [0.15, 0.2) is 60.8 Å². The third-order valence-electron chi connectivity index (χ3n) is 1.32. The van der Waals surface area contributed by atoms with Crippen molar-refractivity contribution < 1.29 is 0 Å². The maximum atomic E-state index is 2.12. The van der Waals surface area contributed by atoms with Gasteiger partial charge >= 0.3 is 0 Å². The molecule has 0 bridgehead atoms. The van der Waals surface area contributed by atoms with Crippen molar-refractivity contribution >= 4 is 0 Å². The summed E-state index contributed by atoms with van der Waals surface area (Å²) >= 11 is 0. The Balaban J connectivity index is 2.61. The lowest BCUT2D eigenvalue weighted by molar-refractivity contribution is 1.39. The molecule has 0 heterocycles. The smallest absolute Gasteiger partial charge is 0.0163 e. The third-order valence-corrected chi connectivity index (χ3v) is 1.32. The predicted octanol–water partition coefficient (Wildman–Crippen LogP) is 3.17. The van der Waals surface area contributed by atoms with Crippen LogP contribution in [0.2, 0.25) is 0 Å². The molecule has 0 unspecified atom stereocenters. The van der Waals surface area contributed by atoms with Gasteiger partial charge in [0, 0.05) is 0 Å². The van der Waals surface area contributed by atoms with E-state index in [0.717, 1.165) is 6.42 Å². The van der Waals surface area contributed by atoms with Crippen molar-refractivity contribution in [1.29, 1.82) is 0 Å². The quantitative estimate of drug-likeness (QED) is 0.490. The highest BCUT2D eigenvalue weighted by Crippen LogP contribution is 1.90. The molecule has 1 aliphatic rings. The van der Waals surface area contributed by atoms with Crippen molar-refractivity contribution in [3.8, 4) is 0 Å². The van der Waals surface area contributed by atoms with Crippen LogP contribution in [-0.4, -0.2) is 0 Å². The minimum absolute atomic E-state index is 1.01. The molecule has 0 aliphatic heterocycles. The molecule has 0 nitrogen and oxygen atoms in total. The third kappa shape index (κ3) is 4.15. The Bertz CT molecular complexity index is 200. The summed E-state index contributed by atoms with van der Waals surface area (Å²) in [4.78, 5) is 0. The Hall–Kier alpha value is -1.30. The zero-order valence-corrected chi connectivity index (χ0v) is 6.48. The lowest BCUT2D eigenvalue weighted by atomic mass is 10.3. The second-order valence-electron chi connectivity index (χ2n) is 2.25. The van der Waals surface area contributed by atoms with Crippen LogP contribution < -0.4 is 0 Å². The van der Waals surface area contributed by atoms with E-state index in [9.17, 15) is 0 Å². The van der Waals surface area contributed by atoms with E-state index in [2.05, 4.69) is 24.3 Å². The van der Waals surface area contributed by atoms with Crippen LogP contribution in [0.3, 0.4) is 0 Å². The molecule has 0 radical (unpaired) electrons. The molecule has 0 heteroatoms. The van der Waals surface area contributed by atoms with Gasteiger partial charge in [0.25, 0.3) is 0 Å². The first-order valence-electron chi connectivity index (χ1n) is 3.82. The summed E-state index contributed by atoms with van der Waals surface area (Å²) in [5.74, 6) is 0. The maximum absolute atomic E-state index is 2.12. The summed E-state index contributed by atoms with van der Waals surface area (Å²) < 4.78 is 0. The van der Waals surface area contributed by atoms with Gasteiger partial charge in [-0.3, -0.25) is 0 Å².